The zero-order valence-electron chi connectivity index (χ0n) is 21.3. The third-order valence-corrected chi connectivity index (χ3v) is 8.58. The van der Waals surface area contributed by atoms with Crippen LogP contribution in [0.4, 0.5) is 5.82 Å². The van der Waals surface area contributed by atoms with Crippen molar-refractivity contribution in [1.82, 2.24) is 14.8 Å². The molecule has 2 aliphatic heterocycles. The number of benzene rings is 2. The van der Waals surface area contributed by atoms with E-state index in [1.807, 2.05) is 47.5 Å². The maximum Gasteiger partial charge on any atom is 0.226 e. The largest absolute Gasteiger partial charge is 0.353 e. The van der Waals surface area contributed by atoms with Gasteiger partial charge in [0.1, 0.15) is 5.82 Å². The van der Waals surface area contributed by atoms with E-state index < -0.39 is 0 Å². The molecular formula is C31H34N4O2. The van der Waals surface area contributed by atoms with Crippen LogP contribution in [-0.2, 0) is 16.0 Å². The predicted octanol–water partition coefficient (Wildman–Crippen LogP) is 4.27. The van der Waals surface area contributed by atoms with E-state index in [2.05, 4.69) is 51.2 Å². The van der Waals surface area contributed by atoms with Crippen LogP contribution in [0.1, 0.15) is 24.8 Å². The van der Waals surface area contributed by atoms with Crippen molar-refractivity contribution in [2.24, 2.45) is 11.3 Å². The van der Waals surface area contributed by atoms with Crippen LogP contribution < -0.4 is 4.90 Å². The summed E-state index contributed by atoms with van der Waals surface area (Å²) in [5.41, 5.74) is 3.52. The zero-order chi connectivity index (χ0) is 25.2. The van der Waals surface area contributed by atoms with E-state index >= 15 is 0 Å². The monoisotopic (exact) mass is 494 g/mol. The molecule has 6 rings (SSSR count). The summed E-state index contributed by atoms with van der Waals surface area (Å²) in [6, 6.07) is 24.6. The molecule has 37 heavy (non-hydrogen) atoms. The maximum absolute atomic E-state index is 13.3. The fourth-order valence-electron chi connectivity index (χ4n) is 6.10. The Morgan fingerprint density at radius 2 is 1.43 bits per heavy atom. The van der Waals surface area contributed by atoms with Crippen molar-refractivity contribution in [3.63, 3.8) is 0 Å². The highest BCUT2D eigenvalue weighted by atomic mass is 16.2. The van der Waals surface area contributed by atoms with Crippen LogP contribution >= 0.6 is 0 Å². The molecule has 2 saturated heterocycles. The van der Waals surface area contributed by atoms with Crippen molar-refractivity contribution in [1.29, 1.82) is 0 Å². The highest BCUT2D eigenvalue weighted by molar-refractivity contribution is 5.83. The molecule has 1 aromatic heterocycles. The number of amides is 2. The minimum Gasteiger partial charge on any atom is -0.353 e. The Balaban J connectivity index is 0.975. The molecule has 0 N–H and O–H groups in total. The fraction of sp³-hybridized carbons (Fsp3) is 0.387. The van der Waals surface area contributed by atoms with Crippen LogP contribution in [-0.4, -0.2) is 65.9 Å². The molecule has 3 heterocycles. The normalized spacial score (nSPS) is 20.6. The molecule has 0 radical (unpaired) electrons. The van der Waals surface area contributed by atoms with E-state index in [0.717, 1.165) is 69.9 Å². The van der Waals surface area contributed by atoms with Gasteiger partial charge >= 0.3 is 0 Å². The van der Waals surface area contributed by atoms with Crippen molar-refractivity contribution in [2.75, 3.05) is 44.2 Å². The van der Waals surface area contributed by atoms with Crippen molar-refractivity contribution >= 4 is 17.6 Å². The van der Waals surface area contributed by atoms with Gasteiger partial charge in [-0.05, 0) is 53.5 Å². The van der Waals surface area contributed by atoms with E-state index in [1.165, 1.54) is 11.1 Å². The molecule has 3 fully saturated rings. The molecule has 3 aromatic rings. The summed E-state index contributed by atoms with van der Waals surface area (Å²) < 4.78 is 0. The van der Waals surface area contributed by atoms with Crippen molar-refractivity contribution < 1.29 is 9.59 Å². The molecule has 1 spiro atoms. The van der Waals surface area contributed by atoms with Crippen LogP contribution in [0.5, 0.6) is 0 Å². The molecule has 2 amide bonds. The summed E-state index contributed by atoms with van der Waals surface area (Å²) in [6.07, 6.45) is 5.12. The Hall–Kier alpha value is -3.67. The molecule has 1 atom stereocenters. The van der Waals surface area contributed by atoms with Gasteiger partial charge in [0.2, 0.25) is 11.8 Å². The lowest BCUT2D eigenvalue weighted by Crippen LogP contribution is -2.50. The number of rotatable bonds is 5. The number of piperidine rings is 1. The van der Waals surface area contributed by atoms with E-state index in [4.69, 9.17) is 0 Å². The number of likely N-dealkylation sites (tertiary alicyclic amines) is 1. The molecular weight excluding hydrogens is 460 g/mol. The van der Waals surface area contributed by atoms with Gasteiger partial charge in [-0.25, -0.2) is 4.98 Å². The van der Waals surface area contributed by atoms with Crippen LogP contribution in [0.2, 0.25) is 0 Å². The van der Waals surface area contributed by atoms with Crippen molar-refractivity contribution in [3.8, 4) is 11.1 Å². The van der Waals surface area contributed by atoms with Gasteiger partial charge in [-0.15, -0.1) is 0 Å². The third kappa shape index (κ3) is 4.97. The van der Waals surface area contributed by atoms with Gasteiger partial charge in [0.05, 0.1) is 6.42 Å². The number of aromatic nitrogens is 1. The first-order valence-corrected chi connectivity index (χ1v) is 13.5. The van der Waals surface area contributed by atoms with Gasteiger partial charge < -0.3 is 14.7 Å². The summed E-state index contributed by atoms with van der Waals surface area (Å²) in [5.74, 6) is 1.63. The van der Waals surface area contributed by atoms with Gasteiger partial charge in [-0.2, -0.15) is 0 Å². The molecule has 6 heteroatoms. The maximum atomic E-state index is 13.3. The van der Waals surface area contributed by atoms with Gasteiger partial charge in [-0.3, -0.25) is 9.59 Å². The average molecular weight is 495 g/mol. The Bertz CT molecular complexity index is 1230. The highest BCUT2D eigenvalue weighted by Crippen LogP contribution is 2.60. The Morgan fingerprint density at radius 3 is 2.11 bits per heavy atom. The summed E-state index contributed by atoms with van der Waals surface area (Å²) >= 11 is 0. The molecule has 190 valence electrons. The number of hydrogen-bond acceptors (Lipinski definition) is 4. The van der Waals surface area contributed by atoms with Gasteiger partial charge in [0.25, 0.3) is 0 Å². The molecule has 3 aliphatic rings. The topological polar surface area (TPSA) is 56.8 Å². The summed E-state index contributed by atoms with van der Waals surface area (Å²) in [7, 11) is 0. The number of hydrogen-bond donors (Lipinski definition) is 0. The first-order chi connectivity index (χ1) is 18.1. The minimum absolute atomic E-state index is 0.114. The SMILES string of the molecule is O=C(Cc1ccc(-c2ccccc2)cc1)N1CCC2(CC1)CC2C(=O)N1CCN(c2ccccn2)CC1. The van der Waals surface area contributed by atoms with Gasteiger partial charge in [-0.1, -0.05) is 60.7 Å². The predicted molar refractivity (Wildman–Crippen MR) is 145 cm³/mol. The van der Waals surface area contributed by atoms with E-state index in [1.54, 1.807) is 0 Å². The lowest BCUT2D eigenvalue weighted by atomic mass is 9.90. The van der Waals surface area contributed by atoms with Crippen molar-refractivity contribution in [2.45, 2.75) is 25.7 Å². The number of piperazine rings is 1. The van der Waals surface area contributed by atoms with Crippen LogP contribution in [0.25, 0.3) is 11.1 Å². The Kier molecular flexibility index (Phi) is 6.41. The van der Waals surface area contributed by atoms with Gasteiger partial charge in [0.15, 0.2) is 0 Å². The first kappa shape index (κ1) is 23.7. The smallest absolute Gasteiger partial charge is 0.226 e. The third-order valence-electron chi connectivity index (χ3n) is 8.58. The number of anilines is 1. The first-order valence-electron chi connectivity index (χ1n) is 13.5. The lowest BCUT2D eigenvalue weighted by molar-refractivity contribution is -0.134. The van der Waals surface area contributed by atoms with Crippen molar-refractivity contribution in [3.05, 3.63) is 84.6 Å². The molecule has 0 bridgehead atoms. The highest BCUT2D eigenvalue weighted by Gasteiger charge is 2.59. The van der Waals surface area contributed by atoms with Crippen LogP contribution in [0.15, 0.2) is 79.0 Å². The van der Waals surface area contributed by atoms with Crippen LogP contribution in [0, 0.1) is 11.3 Å². The van der Waals surface area contributed by atoms with E-state index in [0.29, 0.717) is 12.3 Å². The molecule has 6 nitrogen and oxygen atoms in total. The second kappa shape index (κ2) is 10.0. The summed E-state index contributed by atoms with van der Waals surface area (Å²) in [4.78, 5) is 37.0. The van der Waals surface area contributed by atoms with E-state index in [-0.39, 0.29) is 17.2 Å². The second-order valence-corrected chi connectivity index (χ2v) is 10.7. The summed E-state index contributed by atoms with van der Waals surface area (Å²) in [6.45, 7) is 4.70. The second-order valence-electron chi connectivity index (χ2n) is 10.7. The number of carbonyl (C=O) groups excluding carboxylic acids is 2. The quantitative estimate of drug-likeness (QED) is 0.532. The number of carbonyl (C=O) groups is 2. The standard InChI is InChI=1S/C31H34N4O2/c36-29(22-24-9-11-26(12-10-24)25-6-2-1-3-7-25)34-16-13-31(14-17-34)23-27(31)30(37)35-20-18-33(19-21-35)28-8-4-5-15-32-28/h1-12,15,27H,13-14,16-23H2. The average Bonchev–Trinajstić information content (AvgIpc) is 3.67. The Labute approximate surface area is 218 Å². The molecule has 2 aromatic carbocycles. The fourth-order valence-corrected chi connectivity index (χ4v) is 6.10. The summed E-state index contributed by atoms with van der Waals surface area (Å²) in [5, 5.41) is 0. The van der Waals surface area contributed by atoms with E-state index in [9.17, 15) is 9.59 Å². The molecule has 1 aliphatic carbocycles. The van der Waals surface area contributed by atoms with Gasteiger partial charge in [0, 0.05) is 51.4 Å². The Morgan fingerprint density at radius 1 is 0.757 bits per heavy atom. The number of nitrogens with zero attached hydrogens (tertiary/aromatic N) is 4. The molecule has 1 unspecified atom stereocenters. The number of pyridine rings is 1. The molecule has 1 saturated carbocycles. The minimum atomic E-state index is 0.114. The van der Waals surface area contributed by atoms with Crippen LogP contribution in [0.3, 0.4) is 0 Å². The lowest BCUT2D eigenvalue weighted by Gasteiger charge is -2.37. The zero-order valence-corrected chi connectivity index (χ0v) is 21.3.